The summed E-state index contributed by atoms with van der Waals surface area (Å²) in [5, 5.41) is 9.18. The molecule has 1 aromatic carbocycles. The molecule has 2 rings (SSSR count). The molecule has 0 atom stereocenters. The van der Waals surface area contributed by atoms with Crippen molar-refractivity contribution >= 4 is 22.5 Å². The molecular weight excluding hydrogens is 196 g/mol. The van der Waals surface area contributed by atoms with Gasteiger partial charge in [0.15, 0.2) is 0 Å². The van der Waals surface area contributed by atoms with Crippen LogP contribution in [-0.4, -0.2) is 10.2 Å². The molecule has 0 amide bonds. The van der Waals surface area contributed by atoms with Crippen LogP contribution in [0.25, 0.3) is 10.9 Å². The van der Waals surface area contributed by atoms with Gasteiger partial charge in [0.2, 0.25) is 0 Å². The Kier molecular flexibility index (Phi) is 2.04. The smallest absolute Gasteiger partial charge is 0.0924 e. The standard InChI is InChI=1S/C11H13ClN2/c1-11(2,3)10-8-6-7(12)4-5-9(8)13-14-10/h4-6H,1-3H3,(H,13,14). The molecule has 1 aromatic heterocycles. The van der Waals surface area contributed by atoms with Crippen LogP contribution in [0.15, 0.2) is 18.2 Å². The van der Waals surface area contributed by atoms with E-state index in [1.165, 1.54) is 0 Å². The number of aromatic nitrogens is 2. The highest BCUT2D eigenvalue weighted by Gasteiger charge is 2.19. The minimum Gasteiger partial charge on any atom is -0.281 e. The van der Waals surface area contributed by atoms with Gasteiger partial charge in [-0.1, -0.05) is 32.4 Å². The summed E-state index contributed by atoms with van der Waals surface area (Å²) in [6, 6.07) is 5.75. The first-order chi connectivity index (χ1) is 6.48. The van der Waals surface area contributed by atoms with Gasteiger partial charge in [-0.05, 0) is 18.2 Å². The fourth-order valence-corrected chi connectivity index (χ4v) is 1.73. The summed E-state index contributed by atoms with van der Waals surface area (Å²) in [6.07, 6.45) is 0. The maximum Gasteiger partial charge on any atom is 0.0924 e. The molecule has 1 heterocycles. The van der Waals surface area contributed by atoms with E-state index in [1.807, 2.05) is 18.2 Å². The molecule has 0 radical (unpaired) electrons. The summed E-state index contributed by atoms with van der Waals surface area (Å²) in [7, 11) is 0. The van der Waals surface area contributed by atoms with Crippen molar-refractivity contribution in [2.75, 3.05) is 0 Å². The maximum atomic E-state index is 5.96. The third kappa shape index (κ3) is 1.50. The monoisotopic (exact) mass is 208 g/mol. The Hall–Kier alpha value is -1.02. The van der Waals surface area contributed by atoms with Crippen molar-refractivity contribution < 1.29 is 0 Å². The predicted molar refractivity (Wildman–Crippen MR) is 59.8 cm³/mol. The normalized spacial score (nSPS) is 12.3. The van der Waals surface area contributed by atoms with Crippen LogP contribution in [0.3, 0.4) is 0 Å². The highest BCUT2D eigenvalue weighted by atomic mass is 35.5. The van der Waals surface area contributed by atoms with Crippen molar-refractivity contribution in [2.45, 2.75) is 26.2 Å². The Morgan fingerprint density at radius 1 is 1.29 bits per heavy atom. The zero-order chi connectivity index (χ0) is 10.3. The fourth-order valence-electron chi connectivity index (χ4n) is 1.55. The third-order valence-electron chi connectivity index (χ3n) is 2.27. The average molecular weight is 209 g/mol. The summed E-state index contributed by atoms with van der Waals surface area (Å²) in [5.74, 6) is 0. The SMILES string of the molecule is CC(C)(C)c1[nH]nc2ccc(Cl)cc12. The summed E-state index contributed by atoms with van der Waals surface area (Å²) >= 11 is 5.96. The number of nitrogens with one attached hydrogen (secondary N) is 1. The van der Waals surface area contributed by atoms with E-state index in [4.69, 9.17) is 11.6 Å². The molecule has 2 nitrogen and oxygen atoms in total. The molecule has 74 valence electrons. The average Bonchev–Trinajstić information content (AvgIpc) is 2.45. The number of aromatic amines is 1. The molecule has 0 spiro atoms. The van der Waals surface area contributed by atoms with Crippen LogP contribution in [-0.2, 0) is 5.41 Å². The number of rotatable bonds is 0. The zero-order valence-corrected chi connectivity index (χ0v) is 9.31. The number of fused-ring (bicyclic) bond motifs is 1. The Morgan fingerprint density at radius 2 is 2.00 bits per heavy atom. The third-order valence-corrected chi connectivity index (χ3v) is 2.50. The first-order valence-corrected chi connectivity index (χ1v) is 5.00. The van der Waals surface area contributed by atoms with Gasteiger partial charge >= 0.3 is 0 Å². The number of hydrogen-bond donors (Lipinski definition) is 1. The summed E-state index contributed by atoms with van der Waals surface area (Å²) in [6.45, 7) is 6.46. The van der Waals surface area contributed by atoms with Crippen LogP contribution < -0.4 is 0 Å². The van der Waals surface area contributed by atoms with Gasteiger partial charge in [0.25, 0.3) is 0 Å². The van der Waals surface area contributed by atoms with Gasteiger partial charge in [-0.2, -0.15) is 5.10 Å². The van der Waals surface area contributed by atoms with Gasteiger partial charge < -0.3 is 0 Å². The van der Waals surface area contributed by atoms with E-state index in [1.54, 1.807) is 0 Å². The molecule has 1 N–H and O–H groups in total. The number of H-pyrrole nitrogens is 1. The second-order valence-corrected chi connectivity index (χ2v) is 4.95. The Labute approximate surface area is 88.3 Å². The van der Waals surface area contributed by atoms with Gasteiger partial charge in [0.05, 0.1) is 5.52 Å². The van der Waals surface area contributed by atoms with Gasteiger partial charge in [-0.25, -0.2) is 0 Å². The number of halogens is 1. The predicted octanol–water partition coefficient (Wildman–Crippen LogP) is 3.51. The van der Waals surface area contributed by atoms with E-state index in [0.717, 1.165) is 21.6 Å². The highest BCUT2D eigenvalue weighted by molar-refractivity contribution is 6.31. The molecule has 0 unspecified atom stereocenters. The van der Waals surface area contributed by atoms with E-state index < -0.39 is 0 Å². The fraction of sp³-hybridized carbons (Fsp3) is 0.364. The quantitative estimate of drug-likeness (QED) is 0.705. The van der Waals surface area contributed by atoms with Gasteiger partial charge in [-0.15, -0.1) is 0 Å². The van der Waals surface area contributed by atoms with Gasteiger partial charge in [0.1, 0.15) is 0 Å². The maximum absolute atomic E-state index is 5.96. The lowest BCUT2D eigenvalue weighted by molar-refractivity contribution is 0.571. The molecule has 0 saturated carbocycles. The lowest BCUT2D eigenvalue weighted by Crippen LogP contribution is -2.11. The first-order valence-electron chi connectivity index (χ1n) is 4.62. The lowest BCUT2D eigenvalue weighted by atomic mass is 9.90. The Balaban J connectivity index is 2.73. The molecule has 0 aliphatic heterocycles. The molecule has 0 aliphatic rings. The molecule has 0 saturated heterocycles. The highest BCUT2D eigenvalue weighted by Crippen LogP contribution is 2.29. The topological polar surface area (TPSA) is 28.7 Å². The molecule has 3 heteroatoms. The molecular formula is C11H13ClN2. The van der Waals surface area contributed by atoms with Crippen LogP contribution in [0.5, 0.6) is 0 Å². The summed E-state index contributed by atoms with van der Waals surface area (Å²) < 4.78 is 0. The van der Waals surface area contributed by atoms with Crippen molar-refractivity contribution in [3.05, 3.63) is 28.9 Å². The minimum absolute atomic E-state index is 0.0689. The van der Waals surface area contributed by atoms with E-state index in [9.17, 15) is 0 Å². The second kappa shape index (κ2) is 2.99. The van der Waals surface area contributed by atoms with Crippen molar-refractivity contribution in [2.24, 2.45) is 0 Å². The van der Waals surface area contributed by atoms with Crippen LogP contribution in [0.4, 0.5) is 0 Å². The second-order valence-electron chi connectivity index (χ2n) is 4.51. The Bertz CT molecular complexity index is 466. The molecule has 0 fully saturated rings. The van der Waals surface area contributed by atoms with Crippen LogP contribution >= 0.6 is 11.6 Å². The molecule has 0 aliphatic carbocycles. The van der Waals surface area contributed by atoms with Crippen molar-refractivity contribution in [3.63, 3.8) is 0 Å². The summed E-state index contributed by atoms with van der Waals surface area (Å²) in [5.41, 5.74) is 2.17. The van der Waals surface area contributed by atoms with Crippen molar-refractivity contribution in [3.8, 4) is 0 Å². The van der Waals surface area contributed by atoms with Crippen LogP contribution in [0.2, 0.25) is 5.02 Å². The van der Waals surface area contributed by atoms with E-state index >= 15 is 0 Å². The van der Waals surface area contributed by atoms with E-state index in [2.05, 4.69) is 31.0 Å². The van der Waals surface area contributed by atoms with E-state index in [-0.39, 0.29) is 5.41 Å². The lowest BCUT2D eigenvalue weighted by Gasteiger charge is -2.16. The molecule has 0 bridgehead atoms. The number of benzene rings is 1. The number of hydrogen-bond acceptors (Lipinski definition) is 1. The van der Waals surface area contributed by atoms with Gasteiger partial charge in [0, 0.05) is 21.5 Å². The van der Waals surface area contributed by atoms with Crippen molar-refractivity contribution in [1.29, 1.82) is 0 Å². The zero-order valence-electron chi connectivity index (χ0n) is 8.56. The largest absolute Gasteiger partial charge is 0.281 e. The van der Waals surface area contributed by atoms with E-state index in [0.29, 0.717) is 0 Å². The Morgan fingerprint density at radius 3 is 2.64 bits per heavy atom. The molecule has 14 heavy (non-hydrogen) atoms. The van der Waals surface area contributed by atoms with Crippen molar-refractivity contribution in [1.82, 2.24) is 10.2 Å². The minimum atomic E-state index is 0.0689. The summed E-state index contributed by atoms with van der Waals surface area (Å²) in [4.78, 5) is 0. The van der Waals surface area contributed by atoms with Crippen LogP contribution in [0, 0.1) is 0 Å². The molecule has 2 aromatic rings. The van der Waals surface area contributed by atoms with Crippen LogP contribution in [0.1, 0.15) is 26.5 Å². The van der Waals surface area contributed by atoms with Gasteiger partial charge in [-0.3, -0.25) is 5.10 Å². The first kappa shape index (κ1) is 9.53. The number of nitrogens with zero attached hydrogens (tertiary/aromatic N) is 1.